The predicted octanol–water partition coefficient (Wildman–Crippen LogP) is 3.45. The molecule has 1 rings (SSSR count). The number of carbonyl (C=O) groups excluding carboxylic acids is 1. The fourth-order valence-electron chi connectivity index (χ4n) is 1.40. The van der Waals surface area contributed by atoms with Gasteiger partial charge in [0.05, 0.1) is 5.69 Å². The van der Waals surface area contributed by atoms with E-state index in [1.165, 1.54) is 11.5 Å². The minimum Gasteiger partial charge on any atom is -0.293 e. The van der Waals surface area contributed by atoms with Gasteiger partial charge < -0.3 is 0 Å². The number of rotatable bonds is 4. The lowest BCUT2D eigenvalue weighted by molar-refractivity contribution is 0.0977. The van der Waals surface area contributed by atoms with Gasteiger partial charge in [-0.1, -0.05) is 39.1 Å². The Morgan fingerprint density at radius 2 is 2.00 bits per heavy atom. The predicted molar refractivity (Wildman–Crippen MR) is 67.0 cm³/mol. The van der Waals surface area contributed by atoms with Crippen molar-refractivity contribution in [2.45, 2.75) is 52.9 Å². The van der Waals surface area contributed by atoms with Gasteiger partial charge in [0.15, 0.2) is 5.78 Å². The van der Waals surface area contributed by atoms with Crippen molar-refractivity contribution in [3.05, 3.63) is 10.6 Å². The van der Waals surface area contributed by atoms with Gasteiger partial charge in [-0.3, -0.25) is 4.79 Å². The van der Waals surface area contributed by atoms with E-state index in [2.05, 4.69) is 44.2 Å². The second-order valence-corrected chi connectivity index (χ2v) is 6.31. The Morgan fingerprint density at radius 1 is 1.38 bits per heavy atom. The Balaban J connectivity index is 2.81. The zero-order chi connectivity index (χ0) is 12.3. The van der Waals surface area contributed by atoms with Crippen molar-refractivity contribution in [2.24, 2.45) is 5.92 Å². The van der Waals surface area contributed by atoms with Gasteiger partial charge in [0.1, 0.15) is 4.88 Å². The van der Waals surface area contributed by atoms with E-state index in [0.29, 0.717) is 12.3 Å². The zero-order valence-corrected chi connectivity index (χ0v) is 11.5. The molecule has 0 saturated carbocycles. The monoisotopic (exact) mass is 240 g/mol. The molecule has 0 amide bonds. The summed E-state index contributed by atoms with van der Waals surface area (Å²) in [5, 5.41) is 4.08. The highest BCUT2D eigenvalue weighted by molar-refractivity contribution is 7.08. The molecular formula is C12H20N2OS. The second kappa shape index (κ2) is 5.04. The smallest absolute Gasteiger partial charge is 0.176 e. The fourth-order valence-corrected chi connectivity index (χ4v) is 2.24. The number of hydrogen-bond acceptors (Lipinski definition) is 4. The minimum atomic E-state index is -0.101. The second-order valence-electron chi connectivity index (χ2n) is 5.56. The molecule has 0 atom stereocenters. The Kier molecular flexibility index (Phi) is 4.19. The lowest BCUT2D eigenvalue weighted by atomic mass is 9.90. The molecule has 16 heavy (non-hydrogen) atoms. The van der Waals surface area contributed by atoms with Crippen molar-refractivity contribution in [2.75, 3.05) is 0 Å². The summed E-state index contributed by atoms with van der Waals surface area (Å²) in [4.78, 5) is 12.8. The van der Waals surface area contributed by atoms with Crippen LogP contribution in [0.4, 0.5) is 0 Å². The summed E-state index contributed by atoms with van der Waals surface area (Å²) in [5.41, 5.74) is 0.738. The number of hydrogen-bond donors (Lipinski definition) is 0. The minimum absolute atomic E-state index is 0.101. The summed E-state index contributed by atoms with van der Waals surface area (Å²) >= 11 is 1.23. The summed E-state index contributed by atoms with van der Waals surface area (Å²) < 4.78 is 3.91. The van der Waals surface area contributed by atoms with Crippen LogP contribution < -0.4 is 0 Å². The van der Waals surface area contributed by atoms with Crippen LogP contribution in [0.5, 0.6) is 0 Å². The largest absolute Gasteiger partial charge is 0.293 e. The van der Waals surface area contributed by atoms with E-state index < -0.39 is 0 Å². The van der Waals surface area contributed by atoms with Gasteiger partial charge in [0.25, 0.3) is 0 Å². The van der Waals surface area contributed by atoms with Crippen molar-refractivity contribution >= 4 is 17.3 Å². The van der Waals surface area contributed by atoms with Gasteiger partial charge in [-0.25, -0.2) is 0 Å². The van der Waals surface area contributed by atoms with Crippen LogP contribution in [-0.2, 0) is 5.41 Å². The average Bonchev–Trinajstić information content (AvgIpc) is 2.61. The van der Waals surface area contributed by atoms with E-state index in [4.69, 9.17) is 0 Å². The van der Waals surface area contributed by atoms with Crippen LogP contribution in [0.1, 0.15) is 62.8 Å². The van der Waals surface area contributed by atoms with E-state index >= 15 is 0 Å². The summed E-state index contributed by atoms with van der Waals surface area (Å²) in [6.45, 7) is 10.4. The first-order valence-corrected chi connectivity index (χ1v) is 6.45. The van der Waals surface area contributed by atoms with Gasteiger partial charge in [0, 0.05) is 11.8 Å². The molecule has 0 fully saturated rings. The topological polar surface area (TPSA) is 42.9 Å². The molecule has 0 aliphatic rings. The fraction of sp³-hybridized carbons (Fsp3) is 0.750. The standard InChI is InChI=1S/C12H20N2OS/c1-8(2)6-7-9(15)10-11(12(3,4)5)13-14-16-10/h8H,6-7H2,1-5H3. The van der Waals surface area contributed by atoms with Gasteiger partial charge in [0.2, 0.25) is 0 Å². The van der Waals surface area contributed by atoms with E-state index in [1.54, 1.807) is 0 Å². The van der Waals surface area contributed by atoms with Crippen LogP contribution in [0.25, 0.3) is 0 Å². The van der Waals surface area contributed by atoms with Crippen molar-refractivity contribution in [3.63, 3.8) is 0 Å². The molecule has 3 nitrogen and oxygen atoms in total. The molecule has 1 aromatic rings. The van der Waals surface area contributed by atoms with Crippen molar-refractivity contribution in [1.29, 1.82) is 0 Å². The molecule has 0 aromatic carbocycles. The van der Waals surface area contributed by atoms with E-state index in [1.807, 2.05) is 0 Å². The lowest BCUT2D eigenvalue weighted by Gasteiger charge is -2.16. The normalized spacial score (nSPS) is 12.1. The van der Waals surface area contributed by atoms with E-state index in [-0.39, 0.29) is 11.2 Å². The van der Waals surface area contributed by atoms with Crippen molar-refractivity contribution in [1.82, 2.24) is 9.59 Å². The molecule has 0 unspecified atom stereocenters. The molecule has 0 aliphatic heterocycles. The van der Waals surface area contributed by atoms with Gasteiger partial charge in [-0.05, 0) is 23.9 Å². The Morgan fingerprint density at radius 3 is 2.50 bits per heavy atom. The Bertz CT molecular complexity index is 363. The van der Waals surface area contributed by atoms with Gasteiger partial charge in [-0.15, -0.1) is 5.10 Å². The van der Waals surface area contributed by atoms with Crippen LogP contribution in [0.15, 0.2) is 0 Å². The molecule has 0 saturated heterocycles. The quantitative estimate of drug-likeness (QED) is 0.757. The molecule has 0 radical (unpaired) electrons. The molecule has 0 spiro atoms. The summed E-state index contributed by atoms with van der Waals surface area (Å²) in [7, 11) is 0. The Labute approximate surface area is 101 Å². The van der Waals surface area contributed by atoms with E-state index in [0.717, 1.165) is 17.0 Å². The third-order valence-electron chi connectivity index (χ3n) is 2.40. The lowest BCUT2D eigenvalue weighted by Crippen LogP contribution is -2.16. The zero-order valence-electron chi connectivity index (χ0n) is 10.7. The highest BCUT2D eigenvalue weighted by atomic mass is 32.1. The van der Waals surface area contributed by atoms with Crippen LogP contribution in [0.3, 0.4) is 0 Å². The number of aromatic nitrogens is 2. The molecular weight excluding hydrogens is 220 g/mol. The number of ketones is 1. The first kappa shape index (κ1) is 13.3. The average molecular weight is 240 g/mol. The molecule has 0 bridgehead atoms. The third kappa shape index (κ3) is 3.37. The first-order chi connectivity index (χ1) is 7.32. The molecule has 90 valence electrons. The number of nitrogens with zero attached hydrogens (tertiary/aromatic N) is 2. The van der Waals surface area contributed by atoms with Crippen LogP contribution in [0, 0.1) is 5.92 Å². The molecule has 1 heterocycles. The Hall–Kier alpha value is -0.770. The maximum Gasteiger partial charge on any atom is 0.176 e. The van der Waals surface area contributed by atoms with E-state index in [9.17, 15) is 4.79 Å². The summed E-state index contributed by atoms with van der Waals surface area (Å²) in [6, 6.07) is 0. The molecule has 1 aromatic heterocycles. The SMILES string of the molecule is CC(C)CCC(=O)c1snnc1C(C)(C)C. The number of Topliss-reactive ketones (excluding diaryl/α,β-unsaturated/α-hetero) is 1. The maximum absolute atomic E-state index is 12.0. The highest BCUT2D eigenvalue weighted by Crippen LogP contribution is 2.27. The maximum atomic E-state index is 12.0. The molecule has 4 heteroatoms. The van der Waals surface area contributed by atoms with Gasteiger partial charge in [-0.2, -0.15) is 0 Å². The summed E-state index contributed by atoms with van der Waals surface area (Å²) in [6.07, 6.45) is 1.53. The summed E-state index contributed by atoms with van der Waals surface area (Å²) in [5.74, 6) is 0.747. The van der Waals surface area contributed by atoms with Crippen LogP contribution in [0.2, 0.25) is 0 Å². The van der Waals surface area contributed by atoms with Crippen molar-refractivity contribution < 1.29 is 4.79 Å². The first-order valence-electron chi connectivity index (χ1n) is 5.68. The third-order valence-corrected chi connectivity index (χ3v) is 3.17. The van der Waals surface area contributed by atoms with Gasteiger partial charge >= 0.3 is 0 Å². The number of carbonyl (C=O) groups is 1. The van der Waals surface area contributed by atoms with Crippen molar-refractivity contribution in [3.8, 4) is 0 Å². The van der Waals surface area contributed by atoms with Crippen LogP contribution >= 0.6 is 11.5 Å². The highest BCUT2D eigenvalue weighted by Gasteiger charge is 2.25. The molecule has 0 aliphatic carbocycles. The molecule has 0 N–H and O–H groups in total. The van der Waals surface area contributed by atoms with Crippen LogP contribution in [-0.4, -0.2) is 15.4 Å².